The van der Waals surface area contributed by atoms with Crippen molar-refractivity contribution in [1.82, 2.24) is 20.1 Å². The molecule has 3 aromatic heterocycles. The molecule has 0 aliphatic carbocycles. The summed E-state index contributed by atoms with van der Waals surface area (Å²) in [6.07, 6.45) is -6.90. The lowest BCUT2D eigenvalue weighted by molar-refractivity contribution is -0.275. The number of aromatic nitrogens is 4. The maximum absolute atomic E-state index is 12.1. The number of hydrogen-bond donors (Lipinski definition) is 5. The highest BCUT2D eigenvalue weighted by molar-refractivity contribution is 5.97. The van der Waals surface area contributed by atoms with Crippen LogP contribution in [0.4, 0.5) is 26.3 Å². The number of hydrogen-bond acceptors (Lipinski definition) is 10. The number of carboxylic acid groups (broad SMARTS) is 1. The number of benzene rings is 2. The average molecular weight is 682 g/mol. The molecule has 0 saturated carbocycles. The number of aromatic carboxylic acids is 1. The largest absolute Gasteiger partial charge is 0.573 e. The zero-order valence-electron chi connectivity index (χ0n) is 23.6. The van der Waals surface area contributed by atoms with Crippen LogP contribution in [0.15, 0.2) is 104 Å². The lowest BCUT2D eigenvalue weighted by Crippen LogP contribution is -2.17. The Morgan fingerprint density at radius 3 is 1.67 bits per heavy atom. The van der Waals surface area contributed by atoms with Gasteiger partial charge in [0.25, 0.3) is 5.89 Å². The second-order valence-corrected chi connectivity index (χ2v) is 8.74. The summed E-state index contributed by atoms with van der Waals surface area (Å²) in [7, 11) is 0. The molecule has 5 rings (SSSR count). The molecule has 252 valence electrons. The normalized spacial score (nSPS) is 11.3. The molecule has 20 heteroatoms. The van der Waals surface area contributed by atoms with Gasteiger partial charge in [-0.1, -0.05) is 10.3 Å². The van der Waals surface area contributed by atoms with Crippen molar-refractivity contribution < 1.29 is 55.4 Å². The molecule has 0 fully saturated rings. The van der Waals surface area contributed by atoms with Crippen LogP contribution in [0, 0.1) is 0 Å². The van der Waals surface area contributed by atoms with Crippen molar-refractivity contribution in [1.29, 1.82) is 0 Å². The van der Waals surface area contributed by atoms with E-state index in [0.717, 1.165) is 30.5 Å². The summed E-state index contributed by atoms with van der Waals surface area (Å²) in [5.41, 5.74) is 5.99. The standard InChI is InChI=1S/C14H8F3N3O3.C8H7F3N2O2.C6H5NO3/c15-14(16,17)22-10-4-1-8(2-5-10)12-19-13(23-20-12)9-3-6-11(21)18-7-9;9-8(10,11)15-6-3-1-5(2-4-6)7(12)13-14;8-5-2-1-4(3-7-5)6(9)10/h1-7H,(H,18,21);1-4,14H,(H2,12,13);1-3H,(H,7,8)(H,9,10). The van der Waals surface area contributed by atoms with Crippen LogP contribution in [0.2, 0.25) is 0 Å². The highest BCUT2D eigenvalue weighted by Crippen LogP contribution is 2.27. The molecular formula is C28H20F6N6O8. The third kappa shape index (κ3) is 11.7. The van der Waals surface area contributed by atoms with Gasteiger partial charge in [0.15, 0.2) is 5.84 Å². The zero-order chi connectivity index (χ0) is 35.5. The van der Waals surface area contributed by atoms with E-state index < -0.39 is 18.7 Å². The molecule has 0 radical (unpaired) electrons. The fourth-order valence-corrected chi connectivity index (χ4v) is 3.24. The van der Waals surface area contributed by atoms with Crippen molar-refractivity contribution in [3.05, 3.63) is 117 Å². The van der Waals surface area contributed by atoms with Gasteiger partial charge in [-0.15, -0.1) is 26.3 Å². The number of pyridine rings is 2. The number of carboxylic acids is 1. The lowest BCUT2D eigenvalue weighted by atomic mass is 10.2. The Bertz CT molecular complexity index is 1910. The first kappa shape index (κ1) is 35.9. The van der Waals surface area contributed by atoms with Crippen LogP contribution in [0.1, 0.15) is 15.9 Å². The Morgan fingerprint density at radius 2 is 1.23 bits per heavy atom. The van der Waals surface area contributed by atoms with Gasteiger partial charge in [-0.05, 0) is 60.7 Å². The number of nitrogens with zero attached hydrogens (tertiary/aromatic N) is 3. The average Bonchev–Trinajstić information content (AvgIpc) is 3.52. The smallest absolute Gasteiger partial charge is 0.478 e. The second kappa shape index (κ2) is 15.6. The van der Waals surface area contributed by atoms with E-state index in [9.17, 15) is 40.7 Å². The molecule has 0 unspecified atom stereocenters. The van der Waals surface area contributed by atoms with Crippen LogP contribution in [-0.4, -0.2) is 55.0 Å². The Labute approximate surface area is 262 Å². The SMILES string of the molecule is NC(=NO)c1ccc(OC(F)(F)F)cc1.O=C(O)c1ccc(=O)[nH]c1.O=c1ccc(-c2nc(-c3ccc(OC(F)(F)F)cc3)no2)c[nH]1. The molecule has 48 heavy (non-hydrogen) atoms. The van der Waals surface area contributed by atoms with Crippen molar-refractivity contribution >= 4 is 11.8 Å². The molecule has 0 bridgehead atoms. The first-order valence-electron chi connectivity index (χ1n) is 12.7. The Kier molecular flexibility index (Phi) is 11.7. The lowest BCUT2D eigenvalue weighted by Gasteiger charge is -2.08. The third-order valence-corrected chi connectivity index (χ3v) is 5.33. The molecule has 6 N–H and O–H groups in total. The number of halogens is 6. The number of alkyl halides is 6. The number of carbonyl (C=O) groups is 1. The topological polar surface area (TPSA) is 219 Å². The van der Waals surface area contributed by atoms with Crippen molar-refractivity contribution in [3.8, 4) is 34.3 Å². The first-order chi connectivity index (χ1) is 22.5. The molecule has 3 heterocycles. The second-order valence-electron chi connectivity index (χ2n) is 8.74. The number of nitrogens with one attached hydrogen (secondary N) is 2. The molecule has 0 spiro atoms. The van der Waals surface area contributed by atoms with E-state index in [1.165, 1.54) is 54.7 Å². The zero-order valence-corrected chi connectivity index (χ0v) is 23.6. The fraction of sp³-hybridized carbons (Fsp3) is 0.0714. The van der Waals surface area contributed by atoms with Gasteiger partial charge in [0.1, 0.15) is 11.5 Å². The van der Waals surface area contributed by atoms with Crippen LogP contribution >= 0.6 is 0 Å². The van der Waals surface area contributed by atoms with Crippen molar-refractivity contribution in [2.24, 2.45) is 10.9 Å². The highest BCUT2D eigenvalue weighted by Gasteiger charge is 2.31. The van der Waals surface area contributed by atoms with E-state index in [-0.39, 0.29) is 45.7 Å². The molecular weight excluding hydrogens is 662 g/mol. The van der Waals surface area contributed by atoms with E-state index in [4.69, 9.17) is 20.6 Å². The molecule has 0 atom stereocenters. The summed E-state index contributed by atoms with van der Waals surface area (Å²) in [5, 5.41) is 23.1. The monoisotopic (exact) mass is 682 g/mol. The summed E-state index contributed by atoms with van der Waals surface area (Å²) >= 11 is 0. The van der Waals surface area contributed by atoms with Gasteiger partial charge in [-0.2, -0.15) is 4.98 Å². The Morgan fingerprint density at radius 1 is 0.750 bits per heavy atom. The number of nitrogens with two attached hydrogens (primary N) is 1. The van der Waals surface area contributed by atoms with Crippen molar-refractivity contribution in [3.63, 3.8) is 0 Å². The van der Waals surface area contributed by atoms with Gasteiger partial charge in [0.2, 0.25) is 16.9 Å². The molecule has 14 nitrogen and oxygen atoms in total. The van der Waals surface area contributed by atoms with Gasteiger partial charge in [-0.3, -0.25) is 9.59 Å². The third-order valence-electron chi connectivity index (χ3n) is 5.33. The van der Waals surface area contributed by atoms with Crippen LogP contribution in [0.5, 0.6) is 11.5 Å². The van der Waals surface area contributed by atoms with E-state index in [0.29, 0.717) is 16.7 Å². The van der Waals surface area contributed by atoms with Gasteiger partial charge in [0, 0.05) is 35.7 Å². The Balaban J connectivity index is 0.000000215. The summed E-state index contributed by atoms with van der Waals surface area (Å²) in [6.45, 7) is 0. The van der Waals surface area contributed by atoms with E-state index >= 15 is 0 Å². The maximum Gasteiger partial charge on any atom is 0.573 e. The molecule has 5 aromatic rings. The number of oxime groups is 1. The van der Waals surface area contributed by atoms with Crippen molar-refractivity contribution in [2.75, 3.05) is 0 Å². The predicted molar refractivity (Wildman–Crippen MR) is 152 cm³/mol. The summed E-state index contributed by atoms with van der Waals surface area (Å²) in [6, 6.07) is 14.9. The van der Waals surface area contributed by atoms with Crippen molar-refractivity contribution in [2.45, 2.75) is 12.7 Å². The number of ether oxygens (including phenoxy) is 2. The minimum absolute atomic E-state index is 0.0830. The fourth-order valence-electron chi connectivity index (χ4n) is 3.24. The summed E-state index contributed by atoms with van der Waals surface area (Å²) in [4.78, 5) is 40.4. The minimum Gasteiger partial charge on any atom is -0.478 e. The Hall–Kier alpha value is -6.60. The van der Waals surface area contributed by atoms with Crippen LogP contribution in [0.25, 0.3) is 22.8 Å². The number of rotatable bonds is 6. The van der Waals surface area contributed by atoms with Crippen LogP contribution < -0.4 is 26.3 Å². The van der Waals surface area contributed by atoms with Gasteiger partial charge in [-0.25, -0.2) is 4.79 Å². The van der Waals surface area contributed by atoms with E-state index in [1.54, 1.807) is 0 Å². The van der Waals surface area contributed by atoms with E-state index in [2.05, 4.69) is 34.7 Å². The van der Waals surface area contributed by atoms with Crippen LogP contribution in [0.3, 0.4) is 0 Å². The molecule has 0 aliphatic rings. The minimum atomic E-state index is -4.74. The molecule has 0 saturated heterocycles. The molecule has 0 aliphatic heterocycles. The number of H-pyrrole nitrogens is 2. The predicted octanol–water partition coefficient (Wildman–Crippen LogP) is 4.74. The van der Waals surface area contributed by atoms with Gasteiger partial charge < -0.3 is 40.0 Å². The number of aromatic amines is 2. The maximum atomic E-state index is 12.1. The quantitative estimate of drug-likeness (QED) is 0.0541. The molecule has 0 amide bonds. The van der Waals surface area contributed by atoms with Gasteiger partial charge in [0.05, 0.1) is 11.1 Å². The van der Waals surface area contributed by atoms with Gasteiger partial charge >= 0.3 is 18.7 Å². The molecule has 2 aromatic carbocycles. The summed E-state index contributed by atoms with van der Waals surface area (Å²) < 4.78 is 84.0. The number of amidine groups is 1. The summed E-state index contributed by atoms with van der Waals surface area (Å²) in [5.74, 6) is -1.57. The first-order valence-corrected chi connectivity index (χ1v) is 12.7. The van der Waals surface area contributed by atoms with Crippen LogP contribution in [-0.2, 0) is 0 Å². The highest BCUT2D eigenvalue weighted by atomic mass is 19.4. The van der Waals surface area contributed by atoms with E-state index in [1.807, 2.05) is 0 Å².